The monoisotopic (exact) mass is 196 g/mol. The van der Waals surface area contributed by atoms with Crippen LogP contribution >= 0.6 is 11.3 Å². The van der Waals surface area contributed by atoms with Crippen LogP contribution in [0.1, 0.15) is 34.0 Å². The summed E-state index contributed by atoms with van der Waals surface area (Å²) in [6, 6.07) is 1.98. The van der Waals surface area contributed by atoms with Crippen LogP contribution in [-0.4, -0.2) is 19.5 Å². The molecule has 0 N–H and O–H groups in total. The van der Waals surface area contributed by atoms with Gasteiger partial charge in [-0.15, -0.1) is 11.3 Å². The van der Waals surface area contributed by atoms with E-state index in [9.17, 15) is 4.79 Å². The maximum absolute atomic E-state index is 10.5. The van der Waals surface area contributed by atoms with Gasteiger partial charge in [0.1, 0.15) is 0 Å². The molecular weight excluding hydrogens is 184 g/mol. The average molecular weight is 196 g/mol. The van der Waals surface area contributed by atoms with Crippen LogP contribution < -0.4 is 0 Å². The fourth-order valence-electron chi connectivity index (χ4n) is 1.61. The van der Waals surface area contributed by atoms with Gasteiger partial charge in [0.05, 0.1) is 6.61 Å². The lowest BCUT2D eigenvalue weighted by molar-refractivity contribution is 0.0813. The third-order valence-electron chi connectivity index (χ3n) is 2.34. The number of carbonyl (C=O) groups is 1. The summed E-state index contributed by atoms with van der Waals surface area (Å²) in [6.07, 6.45) is 3.24. The standard InChI is InChI=1S/C10H12O2S/c11-5-8-4-10(13-7-8)9-2-1-3-12-6-9/h4-5,7,9H,1-3,6H2. The van der Waals surface area contributed by atoms with Gasteiger partial charge in [-0.3, -0.25) is 4.79 Å². The van der Waals surface area contributed by atoms with E-state index in [-0.39, 0.29) is 0 Å². The smallest absolute Gasteiger partial charge is 0.150 e. The summed E-state index contributed by atoms with van der Waals surface area (Å²) in [4.78, 5) is 11.8. The molecule has 2 nitrogen and oxygen atoms in total. The van der Waals surface area contributed by atoms with Crippen LogP contribution in [0.15, 0.2) is 11.4 Å². The van der Waals surface area contributed by atoms with E-state index in [1.807, 2.05) is 11.4 Å². The molecule has 0 spiro atoms. The van der Waals surface area contributed by atoms with Crippen LogP contribution in [0.25, 0.3) is 0 Å². The van der Waals surface area contributed by atoms with E-state index in [0.29, 0.717) is 5.92 Å². The minimum Gasteiger partial charge on any atom is -0.381 e. The zero-order chi connectivity index (χ0) is 9.10. The Balaban J connectivity index is 2.09. The maximum Gasteiger partial charge on any atom is 0.150 e. The van der Waals surface area contributed by atoms with E-state index < -0.39 is 0 Å². The summed E-state index contributed by atoms with van der Waals surface area (Å²) in [6.45, 7) is 1.71. The van der Waals surface area contributed by atoms with Gasteiger partial charge in [-0.05, 0) is 18.9 Å². The summed E-state index contributed by atoms with van der Waals surface area (Å²) in [5, 5.41) is 1.91. The molecule has 0 bridgehead atoms. The third kappa shape index (κ3) is 1.98. The molecule has 1 unspecified atom stereocenters. The first kappa shape index (κ1) is 8.91. The largest absolute Gasteiger partial charge is 0.381 e. The quantitative estimate of drug-likeness (QED) is 0.679. The Hall–Kier alpha value is -0.670. The molecule has 1 aromatic heterocycles. The Morgan fingerprint density at radius 1 is 1.62 bits per heavy atom. The van der Waals surface area contributed by atoms with Gasteiger partial charge in [0, 0.05) is 28.3 Å². The van der Waals surface area contributed by atoms with E-state index in [4.69, 9.17) is 4.74 Å². The number of hydrogen-bond acceptors (Lipinski definition) is 3. The Morgan fingerprint density at radius 2 is 2.54 bits per heavy atom. The third-order valence-corrected chi connectivity index (χ3v) is 3.45. The van der Waals surface area contributed by atoms with Crippen molar-refractivity contribution < 1.29 is 9.53 Å². The molecule has 0 radical (unpaired) electrons. The van der Waals surface area contributed by atoms with Gasteiger partial charge in [0.2, 0.25) is 0 Å². The summed E-state index contributed by atoms with van der Waals surface area (Å²) in [7, 11) is 0. The van der Waals surface area contributed by atoms with Gasteiger partial charge in [-0.2, -0.15) is 0 Å². The van der Waals surface area contributed by atoms with E-state index in [1.54, 1.807) is 11.3 Å². The number of carbonyl (C=O) groups excluding carboxylic acids is 1. The van der Waals surface area contributed by atoms with Crippen LogP contribution in [0.3, 0.4) is 0 Å². The topological polar surface area (TPSA) is 26.3 Å². The molecule has 2 heterocycles. The second-order valence-electron chi connectivity index (χ2n) is 3.31. The van der Waals surface area contributed by atoms with Gasteiger partial charge in [-0.25, -0.2) is 0 Å². The van der Waals surface area contributed by atoms with Gasteiger partial charge < -0.3 is 4.74 Å². The zero-order valence-corrected chi connectivity index (χ0v) is 8.18. The Morgan fingerprint density at radius 3 is 3.15 bits per heavy atom. The lowest BCUT2D eigenvalue weighted by Gasteiger charge is -2.20. The molecule has 1 aliphatic heterocycles. The number of rotatable bonds is 2. The number of thiophene rings is 1. The van der Waals surface area contributed by atoms with Gasteiger partial charge >= 0.3 is 0 Å². The molecule has 13 heavy (non-hydrogen) atoms. The molecule has 0 aromatic carbocycles. The molecule has 3 heteroatoms. The highest BCUT2D eigenvalue weighted by atomic mass is 32.1. The van der Waals surface area contributed by atoms with Gasteiger partial charge in [0.25, 0.3) is 0 Å². The molecule has 0 saturated carbocycles. The van der Waals surface area contributed by atoms with Crippen molar-refractivity contribution in [3.8, 4) is 0 Å². The van der Waals surface area contributed by atoms with Crippen LogP contribution in [0.5, 0.6) is 0 Å². The first-order chi connectivity index (χ1) is 6.40. The van der Waals surface area contributed by atoms with Crippen LogP contribution in [0, 0.1) is 0 Å². The minimum absolute atomic E-state index is 0.521. The second kappa shape index (κ2) is 4.03. The van der Waals surface area contributed by atoms with Crippen molar-refractivity contribution in [2.24, 2.45) is 0 Å². The van der Waals surface area contributed by atoms with Crippen LogP contribution in [0.2, 0.25) is 0 Å². The highest BCUT2D eigenvalue weighted by Gasteiger charge is 2.17. The van der Waals surface area contributed by atoms with Crippen molar-refractivity contribution in [1.82, 2.24) is 0 Å². The van der Waals surface area contributed by atoms with E-state index in [2.05, 4.69) is 0 Å². The highest BCUT2D eigenvalue weighted by molar-refractivity contribution is 7.10. The van der Waals surface area contributed by atoms with Crippen LogP contribution in [-0.2, 0) is 4.74 Å². The lowest BCUT2D eigenvalue weighted by Crippen LogP contribution is -2.14. The Bertz CT molecular complexity index is 287. The molecule has 1 saturated heterocycles. The predicted octanol–water partition coefficient (Wildman–Crippen LogP) is 2.45. The summed E-state index contributed by atoms with van der Waals surface area (Å²) < 4.78 is 5.40. The fraction of sp³-hybridized carbons (Fsp3) is 0.500. The van der Waals surface area contributed by atoms with Crippen molar-refractivity contribution in [2.45, 2.75) is 18.8 Å². The van der Waals surface area contributed by atoms with E-state index in [0.717, 1.165) is 31.5 Å². The molecule has 1 fully saturated rings. The van der Waals surface area contributed by atoms with Crippen molar-refractivity contribution in [2.75, 3.05) is 13.2 Å². The van der Waals surface area contributed by atoms with Crippen LogP contribution in [0.4, 0.5) is 0 Å². The second-order valence-corrected chi connectivity index (χ2v) is 4.26. The fourth-order valence-corrected chi connectivity index (χ4v) is 2.59. The summed E-state index contributed by atoms with van der Waals surface area (Å²) in [5.74, 6) is 0.521. The lowest BCUT2D eigenvalue weighted by atomic mass is 10.0. The van der Waals surface area contributed by atoms with Crippen molar-refractivity contribution in [3.05, 3.63) is 21.9 Å². The first-order valence-corrected chi connectivity index (χ1v) is 5.39. The molecule has 2 rings (SSSR count). The van der Waals surface area contributed by atoms with E-state index >= 15 is 0 Å². The molecule has 1 aliphatic rings. The Labute approximate surface area is 81.5 Å². The Kier molecular flexibility index (Phi) is 2.76. The normalized spacial score (nSPS) is 22.9. The average Bonchev–Trinajstić information content (AvgIpc) is 2.67. The zero-order valence-electron chi connectivity index (χ0n) is 7.36. The highest BCUT2D eigenvalue weighted by Crippen LogP contribution is 2.29. The summed E-state index contributed by atoms with van der Waals surface area (Å²) >= 11 is 1.67. The summed E-state index contributed by atoms with van der Waals surface area (Å²) in [5.41, 5.74) is 0.797. The van der Waals surface area contributed by atoms with E-state index in [1.165, 1.54) is 11.3 Å². The molecule has 70 valence electrons. The SMILES string of the molecule is O=Cc1csc(C2CCCOC2)c1. The van der Waals surface area contributed by atoms with Crippen molar-refractivity contribution in [1.29, 1.82) is 0 Å². The molecule has 0 amide bonds. The van der Waals surface area contributed by atoms with Crippen molar-refractivity contribution in [3.63, 3.8) is 0 Å². The minimum atomic E-state index is 0.521. The van der Waals surface area contributed by atoms with Gasteiger partial charge in [0.15, 0.2) is 6.29 Å². The number of aldehydes is 1. The molecular formula is C10H12O2S. The molecule has 0 aliphatic carbocycles. The van der Waals surface area contributed by atoms with Crippen molar-refractivity contribution >= 4 is 17.6 Å². The number of hydrogen-bond donors (Lipinski definition) is 0. The first-order valence-electron chi connectivity index (χ1n) is 4.51. The predicted molar refractivity (Wildman–Crippen MR) is 52.5 cm³/mol. The molecule has 1 aromatic rings. The molecule has 1 atom stereocenters. The van der Waals surface area contributed by atoms with Gasteiger partial charge in [-0.1, -0.05) is 0 Å². The number of ether oxygens (including phenoxy) is 1. The maximum atomic E-state index is 10.5.